The Labute approximate surface area is 104 Å². The Hall–Kier alpha value is -1.51. The minimum atomic E-state index is -0.00282. The zero-order chi connectivity index (χ0) is 13.0. The number of amides is 1. The van der Waals surface area contributed by atoms with Crippen molar-refractivity contribution >= 4 is 11.6 Å². The van der Waals surface area contributed by atoms with Crippen molar-refractivity contribution in [3.63, 3.8) is 0 Å². The normalized spacial score (nSPS) is 12.4. The lowest BCUT2D eigenvalue weighted by atomic mass is 10.0. The molecule has 0 fully saturated rings. The third kappa shape index (κ3) is 3.48. The minimum Gasteiger partial charge on any atom is -0.388 e. The van der Waals surface area contributed by atoms with E-state index in [9.17, 15) is 4.79 Å². The summed E-state index contributed by atoms with van der Waals surface area (Å²) in [7, 11) is 1.88. The third-order valence-electron chi connectivity index (χ3n) is 3.12. The second-order valence-electron chi connectivity index (χ2n) is 4.79. The summed E-state index contributed by atoms with van der Waals surface area (Å²) in [6, 6.07) is 5.88. The fraction of sp³-hybridized carbons (Fsp3) is 0.500. The summed E-state index contributed by atoms with van der Waals surface area (Å²) in [5.41, 5.74) is 2.85. The summed E-state index contributed by atoms with van der Waals surface area (Å²) < 4.78 is 0. The summed E-state index contributed by atoms with van der Waals surface area (Å²) in [6.07, 6.45) is 0. The van der Waals surface area contributed by atoms with Gasteiger partial charge in [-0.3, -0.25) is 4.79 Å². The molecule has 1 unspecified atom stereocenters. The molecule has 0 saturated heterocycles. The molecule has 0 aromatic heterocycles. The molecule has 0 saturated carbocycles. The first-order chi connectivity index (χ1) is 7.95. The molecule has 1 amide bonds. The largest absolute Gasteiger partial charge is 0.388 e. The first kappa shape index (κ1) is 13.6. The van der Waals surface area contributed by atoms with Crippen molar-refractivity contribution in [3.05, 3.63) is 29.3 Å². The van der Waals surface area contributed by atoms with Crippen LogP contribution >= 0.6 is 0 Å². The maximum atomic E-state index is 12.0. The highest BCUT2D eigenvalue weighted by atomic mass is 16.1. The van der Waals surface area contributed by atoms with Crippen molar-refractivity contribution in [1.82, 2.24) is 5.32 Å². The Morgan fingerprint density at radius 3 is 2.35 bits per heavy atom. The summed E-state index contributed by atoms with van der Waals surface area (Å²) in [4.78, 5) is 12.0. The monoisotopic (exact) mass is 234 g/mol. The molecule has 94 valence electrons. The number of hydrogen-bond donors (Lipinski definition) is 2. The van der Waals surface area contributed by atoms with Crippen LogP contribution in [-0.2, 0) is 0 Å². The van der Waals surface area contributed by atoms with Crippen molar-refractivity contribution in [2.24, 2.45) is 5.92 Å². The van der Waals surface area contributed by atoms with Gasteiger partial charge in [0, 0.05) is 24.3 Å². The maximum absolute atomic E-state index is 12.0. The van der Waals surface area contributed by atoms with Crippen molar-refractivity contribution in [2.75, 3.05) is 12.4 Å². The molecule has 1 atom stereocenters. The number of carbonyl (C=O) groups excluding carboxylic acids is 1. The molecular formula is C14H22N2O. The SMILES string of the molecule is CNc1ccc(C(=O)NC(C)C(C)C)cc1C. The molecule has 0 bridgehead atoms. The Kier molecular flexibility index (Phi) is 4.55. The lowest BCUT2D eigenvalue weighted by Gasteiger charge is -2.17. The van der Waals surface area contributed by atoms with E-state index >= 15 is 0 Å². The second kappa shape index (κ2) is 5.71. The van der Waals surface area contributed by atoms with Gasteiger partial charge in [-0.05, 0) is 43.5 Å². The van der Waals surface area contributed by atoms with Gasteiger partial charge in [0.05, 0.1) is 0 Å². The molecule has 2 N–H and O–H groups in total. The van der Waals surface area contributed by atoms with E-state index in [2.05, 4.69) is 24.5 Å². The predicted molar refractivity (Wildman–Crippen MR) is 72.5 cm³/mol. The molecule has 0 aliphatic rings. The van der Waals surface area contributed by atoms with E-state index in [-0.39, 0.29) is 11.9 Å². The van der Waals surface area contributed by atoms with Gasteiger partial charge in [0.25, 0.3) is 5.91 Å². The van der Waals surface area contributed by atoms with Crippen LogP contribution in [0.5, 0.6) is 0 Å². The summed E-state index contributed by atoms with van der Waals surface area (Å²) in [5, 5.41) is 6.09. The first-order valence-electron chi connectivity index (χ1n) is 6.05. The van der Waals surface area contributed by atoms with Gasteiger partial charge in [0.1, 0.15) is 0 Å². The highest BCUT2D eigenvalue weighted by Crippen LogP contribution is 2.16. The van der Waals surface area contributed by atoms with Gasteiger partial charge in [-0.2, -0.15) is 0 Å². The molecule has 1 aromatic rings. The topological polar surface area (TPSA) is 41.1 Å². The highest BCUT2D eigenvalue weighted by molar-refractivity contribution is 5.95. The molecular weight excluding hydrogens is 212 g/mol. The number of nitrogens with one attached hydrogen (secondary N) is 2. The van der Waals surface area contributed by atoms with E-state index in [4.69, 9.17) is 0 Å². The van der Waals surface area contributed by atoms with Gasteiger partial charge in [0.15, 0.2) is 0 Å². The standard InChI is InChI=1S/C14H22N2O/c1-9(2)11(4)16-14(17)12-6-7-13(15-5)10(3)8-12/h6-9,11,15H,1-5H3,(H,16,17). The number of carbonyl (C=O) groups is 1. The van der Waals surface area contributed by atoms with Crippen molar-refractivity contribution in [3.8, 4) is 0 Å². The van der Waals surface area contributed by atoms with Crippen LogP contribution < -0.4 is 10.6 Å². The van der Waals surface area contributed by atoms with Gasteiger partial charge in [-0.1, -0.05) is 13.8 Å². The number of aryl methyl sites for hydroxylation is 1. The van der Waals surface area contributed by atoms with Gasteiger partial charge >= 0.3 is 0 Å². The molecule has 0 heterocycles. The molecule has 0 radical (unpaired) electrons. The van der Waals surface area contributed by atoms with Gasteiger partial charge in [0.2, 0.25) is 0 Å². The molecule has 1 aromatic carbocycles. The molecule has 17 heavy (non-hydrogen) atoms. The lowest BCUT2D eigenvalue weighted by Crippen LogP contribution is -2.36. The fourth-order valence-corrected chi connectivity index (χ4v) is 1.54. The van der Waals surface area contributed by atoms with E-state index in [0.29, 0.717) is 11.5 Å². The van der Waals surface area contributed by atoms with Crippen LogP contribution in [0.2, 0.25) is 0 Å². The van der Waals surface area contributed by atoms with E-state index < -0.39 is 0 Å². The average molecular weight is 234 g/mol. The third-order valence-corrected chi connectivity index (χ3v) is 3.12. The van der Waals surface area contributed by atoms with Crippen molar-refractivity contribution in [1.29, 1.82) is 0 Å². The van der Waals surface area contributed by atoms with Gasteiger partial charge < -0.3 is 10.6 Å². The van der Waals surface area contributed by atoms with Crippen molar-refractivity contribution in [2.45, 2.75) is 33.7 Å². The number of anilines is 1. The molecule has 0 spiro atoms. The molecule has 3 nitrogen and oxygen atoms in total. The summed E-state index contributed by atoms with van der Waals surface area (Å²) >= 11 is 0. The Morgan fingerprint density at radius 1 is 1.24 bits per heavy atom. The van der Waals surface area contributed by atoms with Crippen LogP contribution in [0.3, 0.4) is 0 Å². The molecule has 3 heteroatoms. The fourth-order valence-electron chi connectivity index (χ4n) is 1.54. The number of benzene rings is 1. The molecule has 1 rings (SSSR count). The van der Waals surface area contributed by atoms with Crippen LogP contribution in [0.4, 0.5) is 5.69 Å². The lowest BCUT2D eigenvalue weighted by molar-refractivity contribution is 0.0930. The summed E-state index contributed by atoms with van der Waals surface area (Å²) in [5.74, 6) is 0.439. The quantitative estimate of drug-likeness (QED) is 0.841. The van der Waals surface area contributed by atoms with Gasteiger partial charge in [-0.15, -0.1) is 0 Å². The zero-order valence-electron chi connectivity index (χ0n) is 11.3. The highest BCUT2D eigenvalue weighted by Gasteiger charge is 2.12. The van der Waals surface area contributed by atoms with E-state index in [0.717, 1.165) is 11.3 Å². The molecule has 0 aliphatic heterocycles. The number of hydrogen-bond acceptors (Lipinski definition) is 2. The minimum absolute atomic E-state index is 0.00282. The number of rotatable bonds is 4. The van der Waals surface area contributed by atoms with Crippen LogP contribution in [0.1, 0.15) is 36.7 Å². The smallest absolute Gasteiger partial charge is 0.251 e. The maximum Gasteiger partial charge on any atom is 0.251 e. The van der Waals surface area contributed by atoms with Crippen molar-refractivity contribution < 1.29 is 4.79 Å². The average Bonchev–Trinajstić information content (AvgIpc) is 2.28. The Bertz CT molecular complexity index is 399. The van der Waals surface area contributed by atoms with E-state index in [1.807, 2.05) is 39.1 Å². The van der Waals surface area contributed by atoms with Crippen LogP contribution in [0.15, 0.2) is 18.2 Å². The molecule has 0 aliphatic carbocycles. The van der Waals surface area contributed by atoms with E-state index in [1.165, 1.54) is 0 Å². The van der Waals surface area contributed by atoms with Crippen LogP contribution in [0, 0.1) is 12.8 Å². The van der Waals surface area contributed by atoms with E-state index in [1.54, 1.807) is 0 Å². The van der Waals surface area contributed by atoms with Crippen LogP contribution in [0.25, 0.3) is 0 Å². The summed E-state index contributed by atoms with van der Waals surface area (Å²) in [6.45, 7) is 8.21. The Balaban J connectivity index is 2.80. The predicted octanol–water partition coefficient (Wildman–Crippen LogP) is 2.81. The second-order valence-corrected chi connectivity index (χ2v) is 4.79. The zero-order valence-corrected chi connectivity index (χ0v) is 11.3. The Morgan fingerprint density at radius 2 is 1.88 bits per heavy atom. The van der Waals surface area contributed by atoms with Crippen LogP contribution in [-0.4, -0.2) is 19.0 Å². The first-order valence-corrected chi connectivity index (χ1v) is 6.05. The van der Waals surface area contributed by atoms with Gasteiger partial charge in [-0.25, -0.2) is 0 Å².